The van der Waals surface area contributed by atoms with Gasteiger partial charge in [-0.05, 0) is 18.7 Å². The molecule has 0 bridgehead atoms. The van der Waals surface area contributed by atoms with E-state index in [0.29, 0.717) is 6.54 Å². The SMILES string of the molecule is CCNCCNS(=O)(=O)c1cnn(-c2ccccc2F)c1.Cl. The van der Waals surface area contributed by atoms with Crippen molar-refractivity contribution in [3.8, 4) is 5.69 Å². The molecule has 0 aliphatic heterocycles. The second kappa shape index (κ2) is 8.23. The largest absolute Gasteiger partial charge is 0.316 e. The van der Waals surface area contributed by atoms with Gasteiger partial charge in [-0.2, -0.15) is 5.10 Å². The fraction of sp³-hybridized carbons (Fsp3) is 0.308. The summed E-state index contributed by atoms with van der Waals surface area (Å²) in [6.45, 7) is 3.53. The fourth-order valence-electron chi connectivity index (χ4n) is 1.75. The molecule has 0 fully saturated rings. The van der Waals surface area contributed by atoms with Gasteiger partial charge in [0.05, 0.1) is 12.4 Å². The summed E-state index contributed by atoms with van der Waals surface area (Å²) in [7, 11) is -3.64. The summed E-state index contributed by atoms with van der Waals surface area (Å²) in [6, 6.07) is 6.03. The number of hydrogen-bond donors (Lipinski definition) is 2. The average molecular weight is 349 g/mol. The maximum Gasteiger partial charge on any atom is 0.243 e. The lowest BCUT2D eigenvalue weighted by Crippen LogP contribution is -2.31. The normalized spacial score (nSPS) is 11.2. The predicted molar refractivity (Wildman–Crippen MR) is 84.5 cm³/mol. The van der Waals surface area contributed by atoms with Crippen LogP contribution < -0.4 is 10.0 Å². The zero-order chi connectivity index (χ0) is 15.3. The third kappa shape index (κ3) is 4.51. The first-order chi connectivity index (χ1) is 10.0. The van der Waals surface area contributed by atoms with Crippen molar-refractivity contribution >= 4 is 22.4 Å². The minimum atomic E-state index is -3.64. The van der Waals surface area contributed by atoms with Gasteiger partial charge in [-0.15, -0.1) is 12.4 Å². The molecule has 0 spiro atoms. The number of hydrogen-bond acceptors (Lipinski definition) is 4. The van der Waals surface area contributed by atoms with Crippen molar-refractivity contribution < 1.29 is 12.8 Å². The number of nitrogens with zero attached hydrogens (tertiary/aromatic N) is 2. The van der Waals surface area contributed by atoms with Gasteiger partial charge >= 0.3 is 0 Å². The van der Waals surface area contributed by atoms with Crippen LogP contribution in [0.3, 0.4) is 0 Å². The number of likely N-dealkylation sites (N-methyl/N-ethyl adjacent to an activating group) is 1. The monoisotopic (exact) mass is 348 g/mol. The second-order valence-corrected chi connectivity index (χ2v) is 6.09. The molecule has 0 unspecified atom stereocenters. The highest BCUT2D eigenvalue weighted by Gasteiger charge is 2.17. The summed E-state index contributed by atoms with van der Waals surface area (Å²) in [5, 5.41) is 6.91. The molecule has 6 nitrogen and oxygen atoms in total. The standard InChI is InChI=1S/C13H17FN4O2S.ClH/c1-2-15-7-8-17-21(19,20)11-9-16-18(10-11)13-6-4-3-5-12(13)14;/h3-6,9-10,15,17H,2,7-8H2,1H3;1H. The highest BCUT2D eigenvalue weighted by atomic mass is 35.5. The van der Waals surface area contributed by atoms with Gasteiger partial charge < -0.3 is 5.32 Å². The highest BCUT2D eigenvalue weighted by Crippen LogP contribution is 2.14. The van der Waals surface area contributed by atoms with Crippen LogP contribution in [0.1, 0.15) is 6.92 Å². The Morgan fingerprint density at radius 1 is 1.27 bits per heavy atom. The van der Waals surface area contributed by atoms with E-state index in [9.17, 15) is 12.8 Å². The third-order valence-corrected chi connectivity index (χ3v) is 4.23. The molecule has 0 saturated carbocycles. The van der Waals surface area contributed by atoms with Gasteiger partial charge in [-0.1, -0.05) is 19.1 Å². The molecule has 0 aliphatic rings. The Kier molecular flexibility index (Phi) is 6.95. The molecule has 2 aromatic rings. The first kappa shape index (κ1) is 18.6. The number of aromatic nitrogens is 2. The molecule has 0 atom stereocenters. The Hall–Kier alpha value is -1.48. The minimum absolute atomic E-state index is 0. The number of nitrogens with one attached hydrogen (secondary N) is 2. The number of rotatable bonds is 7. The summed E-state index contributed by atoms with van der Waals surface area (Å²) in [4.78, 5) is 0.00208. The van der Waals surface area contributed by atoms with E-state index < -0.39 is 15.8 Å². The molecule has 0 amide bonds. The van der Waals surface area contributed by atoms with E-state index in [1.54, 1.807) is 12.1 Å². The maximum absolute atomic E-state index is 13.6. The Balaban J connectivity index is 0.00000242. The van der Waals surface area contributed by atoms with E-state index in [1.807, 2.05) is 6.92 Å². The summed E-state index contributed by atoms with van der Waals surface area (Å²) in [5.41, 5.74) is 0.201. The molecule has 122 valence electrons. The van der Waals surface area contributed by atoms with Crippen molar-refractivity contribution in [2.45, 2.75) is 11.8 Å². The van der Waals surface area contributed by atoms with Gasteiger partial charge in [0, 0.05) is 13.1 Å². The second-order valence-electron chi connectivity index (χ2n) is 4.32. The van der Waals surface area contributed by atoms with Crippen molar-refractivity contribution in [1.29, 1.82) is 0 Å². The lowest BCUT2D eigenvalue weighted by molar-refractivity contribution is 0.577. The van der Waals surface area contributed by atoms with Crippen LogP contribution in [0.5, 0.6) is 0 Å². The summed E-state index contributed by atoms with van der Waals surface area (Å²) >= 11 is 0. The summed E-state index contributed by atoms with van der Waals surface area (Å²) in [5.74, 6) is -0.468. The van der Waals surface area contributed by atoms with Crippen molar-refractivity contribution in [3.05, 3.63) is 42.5 Å². The van der Waals surface area contributed by atoms with Crippen LogP contribution in [-0.2, 0) is 10.0 Å². The predicted octanol–water partition coefficient (Wildman–Crippen LogP) is 1.32. The highest BCUT2D eigenvalue weighted by molar-refractivity contribution is 7.89. The van der Waals surface area contributed by atoms with E-state index in [2.05, 4.69) is 15.1 Å². The average Bonchev–Trinajstić information content (AvgIpc) is 2.95. The van der Waals surface area contributed by atoms with Crippen molar-refractivity contribution in [2.75, 3.05) is 19.6 Å². The van der Waals surface area contributed by atoms with Crippen LogP contribution in [0.2, 0.25) is 0 Å². The summed E-state index contributed by atoms with van der Waals surface area (Å²) < 4.78 is 41.4. The molecule has 0 saturated heterocycles. The topological polar surface area (TPSA) is 76.0 Å². The molecule has 2 rings (SSSR count). The zero-order valence-corrected chi connectivity index (χ0v) is 13.6. The van der Waals surface area contributed by atoms with Crippen LogP contribution in [0.4, 0.5) is 4.39 Å². The maximum atomic E-state index is 13.6. The molecule has 0 radical (unpaired) electrons. The molecule has 1 aromatic carbocycles. The Morgan fingerprint density at radius 2 is 2.00 bits per heavy atom. The Bertz CT molecular complexity index is 706. The molecule has 2 N–H and O–H groups in total. The molecular formula is C13H18ClFN4O2S. The van der Waals surface area contributed by atoms with E-state index in [0.717, 1.165) is 6.54 Å². The van der Waals surface area contributed by atoms with E-state index in [4.69, 9.17) is 0 Å². The first-order valence-corrected chi connectivity index (χ1v) is 8.03. The number of halogens is 2. The number of sulfonamides is 1. The van der Waals surface area contributed by atoms with E-state index in [-0.39, 0.29) is 29.5 Å². The van der Waals surface area contributed by atoms with Crippen LogP contribution in [0.15, 0.2) is 41.6 Å². The van der Waals surface area contributed by atoms with Gasteiger partial charge in [-0.3, -0.25) is 0 Å². The quantitative estimate of drug-likeness (QED) is 0.740. The summed E-state index contributed by atoms with van der Waals surface area (Å²) in [6.07, 6.45) is 2.48. The van der Waals surface area contributed by atoms with Crippen molar-refractivity contribution in [2.24, 2.45) is 0 Å². The van der Waals surface area contributed by atoms with E-state index >= 15 is 0 Å². The van der Waals surface area contributed by atoms with Crippen molar-refractivity contribution in [3.63, 3.8) is 0 Å². The number of benzene rings is 1. The van der Waals surface area contributed by atoms with Crippen LogP contribution in [0, 0.1) is 5.82 Å². The van der Waals surface area contributed by atoms with Gasteiger partial charge in [-0.25, -0.2) is 22.2 Å². The molecular weight excluding hydrogens is 331 g/mol. The molecule has 22 heavy (non-hydrogen) atoms. The Morgan fingerprint density at radius 3 is 2.68 bits per heavy atom. The van der Waals surface area contributed by atoms with Crippen LogP contribution in [0.25, 0.3) is 5.69 Å². The molecule has 1 aromatic heterocycles. The van der Waals surface area contributed by atoms with Crippen LogP contribution >= 0.6 is 12.4 Å². The van der Waals surface area contributed by atoms with Gasteiger partial charge in [0.1, 0.15) is 16.4 Å². The van der Waals surface area contributed by atoms with E-state index in [1.165, 1.54) is 29.2 Å². The van der Waals surface area contributed by atoms with Gasteiger partial charge in [0.15, 0.2) is 0 Å². The minimum Gasteiger partial charge on any atom is -0.316 e. The fourth-order valence-corrected chi connectivity index (χ4v) is 2.71. The van der Waals surface area contributed by atoms with Crippen LogP contribution in [-0.4, -0.2) is 37.8 Å². The van der Waals surface area contributed by atoms with Crippen molar-refractivity contribution in [1.82, 2.24) is 19.8 Å². The number of para-hydroxylation sites is 1. The smallest absolute Gasteiger partial charge is 0.243 e. The zero-order valence-electron chi connectivity index (χ0n) is 12.0. The van der Waals surface area contributed by atoms with Gasteiger partial charge in [0.2, 0.25) is 10.0 Å². The van der Waals surface area contributed by atoms with Gasteiger partial charge in [0.25, 0.3) is 0 Å². The lowest BCUT2D eigenvalue weighted by atomic mass is 10.3. The molecule has 0 aliphatic carbocycles. The Labute approximate surface area is 135 Å². The third-order valence-electron chi connectivity index (χ3n) is 2.81. The molecule has 9 heteroatoms. The molecule has 1 heterocycles. The first-order valence-electron chi connectivity index (χ1n) is 6.54. The lowest BCUT2D eigenvalue weighted by Gasteiger charge is -2.05.